The Hall–Kier alpha value is -2.77. The number of H-pyrrole nitrogens is 1. The Kier molecular flexibility index (Phi) is 3.07. The van der Waals surface area contributed by atoms with Gasteiger partial charge in [0.25, 0.3) is 0 Å². The average Bonchev–Trinajstić information content (AvgIpc) is 3.34. The molecule has 1 aliphatic heterocycles. The van der Waals surface area contributed by atoms with Crippen molar-refractivity contribution >= 4 is 33.9 Å². The SMILES string of the molecule is c1csc(-c2nc(Nc3ccc4c(c3)COC4)c3[nH]ncc3n2)c1. The van der Waals surface area contributed by atoms with Gasteiger partial charge >= 0.3 is 0 Å². The molecular formula is C17H13N5OS. The number of benzene rings is 1. The van der Waals surface area contributed by atoms with Crippen LogP contribution in [0.3, 0.4) is 0 Å². The van der Waals surface area contributed by atoms with E-state index in [2.05, 4.69) is 32.6 Å². The number of anilines is 2. The van der Waals surface area contributed by atoms with Crippen molar-refractivity contribution in [2.24, 2.45) is 0 Å². The van der Waals surface area contributed by atoms with E-state index in [0.717, 1.165) is 27.4 Å². The van der Waals surface area contributed by atoms with Gasteiger partial charge in [-0.1, -0.05) is 12.1 Å². The number of ether oxygens (including phenoxy) is 1. The minimum atomic E-state index is 0.661. The van der Waals surface area contributed by atoms with E-state index in [1.165, 1.54) is 11.1 Å². The number of aromatic amines is 1. The van der Waals surface area contributed by atoms with Crippen LogP contribution in [-0.2, 0) is 18.0 Å². The van der Waals surface area contributed by atoms with Crippen LogP contribution in [0.15, 0.2) is 41.9 Å². The van der Waals surface area contributed by atoms with Gasteiger partial charge in [-0.2, -0.15) is 5.10 Å². The van der Waals surface area contributed by atoms with E-state index in [1.54, 1.807) is 17.5 Å². The van der Waals surface area contributed by atoms with Gasteiger partial charge in [-0.05, 0) is 34.7 Å². The number of thiophene rings is 1. The van der Waals surface area contributed by atoms with Crippen molar-refractivity contribution in [1.29, 1.82) is 0 Å². The molecule has 0 unspecified atom stereocenters. The quantitative estimate of drug-likeness (QED) is 0.595. The molecule has 0 spiro atoms. The summed E-state index contributed by atoms with van der Waals surface area (Å²) in [5, 5.41) is 12.5. The Bertz CT molecular complexity index is 1020. The van der Waals surface area contributed by atoms with Gasteiger partial charge in [0, 0.05) is 5.69 Å². The maximum absolute atomic E-state index is 5.48. The first-order valence-corrected chi connectivity index (χ1v) is 8.46. The van der Waals surface area contributed by atoms with Gasteiger partial charge in [0.2, 0.25) is 0 Å². The summed E-state index contributed by atoms with van der Waals surface area (Å²) < 4.78 is 5.48. The van der Waals surface area contributed by atoms with Gasteiger partial charge in [0.15, 0.2) is 11.6 Å². The number of fused-ring (bicyclic) bond motifs is 2. The van der Waals surface area contributed by atoms with Gasteiger partial charge in [-0.25, -0.2) is 9.97 Å². The highest BCUT2D eigenvalue weighted by molar-refractivity contribution is 7.13. The fourth-order valence-electron chi connectivity index (χ4n) is 2.83. The second-order valence-corrected chi connectivity index (χ2v) is 6.55. The van der Waals surface area contributed by atoms with Crippen LogP contribution >= 0.6 is 11.3 Å². The monoisotopic (exact) mass is 335 g/mol. The summed E-state index contributed by atoms with van der Waals surface area (Å²) in [4.78, 5) is 10.3. The molecule has 0 saturated carbocycles. The van der Waals surface area contributed by atoms with Gasteiger partial charge < -0.3 is 10.1 Å². The van der Waals surface area contributed by atoms with Crippen molar-refractivity contribution in [2.45, 2.75) is 13.2 Å². The van der Waals surface area contributed by atoms with Crippen LogP contribution in [0.25, 0.3) is 21.7 Å². The van der Waals surface area contributed by atoms with Gasteiger partial charge in [-0.15, -0.1) is 11.3 Å². The Morgan fingerprint density at radius 3 is 3.00 bits per heavy atom. The van der Waals surface area contributed by atoms with Crippen LogP contribution in [-0.4, -0.2) is 20.2 Å². The smallest absolute Gasteiger partial charge is 0.172 e. The number of hydrogen-bond donors (Lipinski definition) is 2. The average molecular weight is 335 g/mol. The van der Waals surface area contributed by atoms with E-state index >= 15 is 0 Å². The molecule has 0 fully saturated rings. The van der Waals surface area contributed by atoms with E-state index in [9.17, 15) is 0 Å². The summed E-state index contributed by atoms with van der Waals surface area (Å²) >= 11 is 1.62. The second kappa shape index (κ2) is 5.40. The molecule has 118 valence electrons. The summed E-state index contributed by atoms with van der Waals surface area (Å²) in [6, 6.07) is 10.3. The highest BCUT2D eigenvalue weighted by Gasteiger charge is 2.14. The molecule has 4 heterocycles. The standard InChI is InChI=1S/C17H13N5OS/c1-2-14(24-5-1)16-20-13-7-18-22-15(13)17(21-16)19-12-4-3-10-8-23-9-11(10)6-12/h1-7H,8-9H2,(H,18,22)(H,19,20,21). The van der Waals surface area contributed by atoms with Crippen LogP contribution in [0, 0.1) is 0 Å². The molecular weight excluding hydrogens is 322 g/mol. The molecule has 0 amide bonds. The lowest BCUT2D eigenvalue weighted by Crippen LogP contribution is -1.99. The van der Waals surface area contributed by atoms with Crippen molar-refractivity contribution in [3.63, 3.8) is 0 Å². The largest absolute Gasteiger partial charge is 0.372 e. The molecule has 0 radical (unpaired) electrons. The molecule has 5 rings (SSSR count). The molecule has 3 aromatic heterocycles. The third-order valence-electron chi connectivity index (χ3n) is 4.03. The van der Waals surface area contributed by atoms with E-state index in [1.807, 2.05) is 23.6 Å². The van der Waals surface area contributed by atoms with Crippen LogP contribution in [0.1, 0.15) is 11.1 Å². The number of rotatable bonds is 3. The Labute approximate surface area is 141 Å². The third-order valence-corrected chi connectivity index (χ3v) is 4.89. The first-order chi connectivity index (χ1) is 11.9. The second-order valence-electron chi connectivity index (χ2n) is 5.60. The molecule has 1 aliphatic rings. The summed E-state index contributed by atoms with van der Waals surface area (Å²) in [7, 11) is 0. The predicted molar refractivity (Wildman–Crippen MR) is 93.2 cm³/mol. The summed E-state index contributed by atoms with van der Waals surface area (Å²) in [5.74, 6) is 1.42. The molecule has 6 nitrogen and oxygen atoms in total. The zero-order valence-electron chi connectivity index (χ0n) is 12.6. The third kappa shape index (κ3) is 2.26. The fraction of sp³-hybridized carbons (Fsp3) is 0.118. The van der Waals surface area contributed by atoms with Crippen LogP contribution in [0.4, 0.5) is 11.5 Å². The van der Waals surface area contributed by atoms with Gasteiger partial charge in [-0.3, -0.25) is 5.10 Å². The van der Waals surface area contributed by atoms with Crippen LogP contribution in [0.5, 0.6) is 0 Å². The van der Waals surface area contributed by atoms with Crippen molar-refractivity contribution in [3.05, 3.63) is 53.0 Å². The fourth-order valence-corrected chi connectivity index (χ4v) is 3.49. The lowest BCUT2D eigenvalue weighted by Gasteiger charge is -2.09. The summed E-state index contributed by atoms with van der Waals surface area (Å²) in [5.41, 5.74) is 5.03. The molecule has 4 aromatic rings. The Balaban J connectivity index is 1.59. The molecule has 1 aromatic carbocycles. The maximum atomic E-state index is 5.48. The van der Waals surface area contributed by atoms with E-state index < -0.39 is 0 Å². The van der Waals surface area contributed by atoms with Crippen LogP contribution < -0.4 is 5.32 Å². The number of hydrogen-bond acceptors (Lipinski definition) is 6. The highest BCUT2D eigenvalue weighted by atomic mass is 32.1. The zero-order chi connectivity index (χ0) is 15.9. The first kappa shape index (κ1) is 13.6. The Morgan fingerprint density at radius 2 is 2.08 bits per heavy atom. The molecule has 2 N–H and O–H groups in total. The normalized spacial score (nSPS) is 13.3. The molecule has 0 bridgehead atoms. The number of nitrogens with zero attached hydrogens (tertiary/aromatic N) is 3. The first-order valence-electron chi connectivity index (χ1n) is 7.58. The van der Waals surface area contributed by atoms with Crippen molar-refractivity contribution in [1.82, 2.24) is 20.2 Å². The van der Waals surface area contributed by atoms with E-state index in [4.69, 9.17) is 9.72 Å². The Morgan fingerprint density at radius 1 is 1.12 bits per heavy atom. The maximum Gasteiger partial charge on any atom is 0.172 e. The van der Waals surface area contributed by atoms with Gasteiger partial charge in [0.1, 0.15) is 11.0 Å². The molecule has 7 heteroatoms. The minimum Gasteiger partial charge on any atom is -0.372 e. The van der Waals surface area contributed by atoms with E-state index in [0.29, 0.717) is 19.0 Å². The van der Waals surface area contributed by atoms with Crippen molar-refractivity contribution in [3.8, 4) is 10.7 Å². The summed E-state index contributed by atoms with van der Waals surface area (Å²) in [6.45, 7) is 1.35. The lowest BCUT2D eigenvalue weighted by atomic mass is 10.1. The predicted octanol–water partition coefficient (Wildman–Crippen LogP) is 3.86. The van der Waals surface area contributed by atoms with Crippen LogP contribution in [0.2, 0.25) is 0 Å². The number of aromatic nitrogens is 4. The summed E-state index contributed by atoms with van der Waals surface area (Å²) in [6.07, 6.45) is 1.72. The molecule has 0 atom stereocenters. The lowest BCUT2D eigenvalue weighted by molar-refractivity contribution is 0.134. The molecule has 0 aliphatic carbocycles. The molecule has 24 heavy (non-hydrogen) atoms. The highest BCUT2D eigenvalue weighted by Crippen LogP contribution is 2.29. The van der Waals surface area contributed by atoms with Crippen molar-refractivity contribution < 1.29 is 4.74 Å². The zero-order valence-corrected chi connectivity index (χ0v) is 13.4. The number of nitrogens with one attached hydrogen (secondary N) is 2. The van der Waals surface area contributed by atoms with Crippen molar-refractivity contribution in [2.75, 3.05) is 5.32 Å². The topological polar surface area (TPSA) is 75.7 Å². The minimum absolute atomic E-state index is 0.661. The van der Waals surface area contributed by atoms with E-state index in [-0.39, 0.29) is 0 Å². The molecule has 0 saturated heterocycles. The van der Waals surface area contributed by atoms with Gasteiger partial charge in [0.05, 0.1) is 24.3 Å².